The Kier molecular flexibility index (Phi) is 4.56. The summed E-state index contributed by atoms with van der Waals surface area (Å²) in [6.45, 7) is 0. The third kappa shape index (κ3) is 3.68. The molecule has 0 bridgehead atoms. The zero-order chi connectivity index (χ0) is 21.0. The number of alkyl halides is 3. The Balaban J connectivity index is 1.80. The number of nitrogens with one attached hydrogen (secondary N) is 1. The van der Waals surface area contributed by atoms with E-state index in [4.69, 9.17) is 0 Å². The van der Waals surface area contributed by atoms with Crippen LogP contribution in [0.4, 0.5) is 19.0 Å². The van der Waals surface area contributed by atoms with Gasteiger partial charge in [-0.2, -0.15) is 23.8 Å². The van der Waals surface area contributed by atoms with Gasteiger partial charge in [0.2, 0.25) is 0 Å². The molecule has 2 aromatic heterocycles. The Morgan fingerprint density at radius 1 is 1.17 bits per heavy atom. The first-order valence-electron chi connectivity index (χ1n) is 8.57. The average Bonchev–Trinajstić information content (AvgIpc) is 2.62. The Morgan fingerprint density at radius 3 is 2.41 bits per heavy atom. The lowest BCUT2D eigenvalue weighted by Crippen LogP contribution is -2.43. The first-order chi connectivity index (χ1) is 13.5. The second-order valence-corrected chi connectivity index (χ2v) is 9.23. The van der Waals surface area contributed by atoms with Crippen LogP contribution in [0.25, 0.3) is 22.0 Å². The van der Waals surface area contributed by atoms with Crippen LogP contribution >= 0.6 is 10.6 Å². The molecule has 0 atom stereocenters. The third-order valence-electron chi connectivity index (χ3n) is 4.75. The summed E-state index contributed by atoms with van der Waals surface area (Å²) in [6, 6.07) is 4.32. The number of hydrogen-bond acceptors (Lipinski definition) is 6. The molecule has 1 saturated heterocycles. The molecule has 11 heteroatoms. The van der Waals surface area contributed by atoms with Crippen LogP contribution in [-0.4, -0.2) is 41.2 Å². The molecule has 3 aromatic rings. The summed E-state index contributed by atoms with van der Waals surface area (Å²) in [5.41, 5.74) is 0.0288. The summed E-state index contributed by atoms with van der Waals surface area (Å²) in [5.74, 6) is 0.582. The third-order valence-corrected chi connectivity index (χ3v) is 6.62. The number of aromatic nitrogens is 3. The largest absolute Gasteiger partial charge is 0.416 e. The number of fused-ring (bicyclic) bond motifs is 1. The number of rotatable bonds is 3. The molecule has 3 heterocycles. The van der Waals surface area contributed by atoms with E-state index in [9.17, 15) is 27.1 Å². The number of halogens is 3. The quantitative estimate of drug-likeness (QED) is 0.592. The minimum atomic E-state index is -4.44. The van der Waals surface area contributed by atoms with Gasteiger partial charge in [-0.15, -0.1) is 0 Å². The highest BCUT2D eigenvalue weighted by molar-refractivity contribution is 8.25. The van der Waals surface area contributed by atoms with Crippen LogP contribution < -0.4 is 10.9 Å². The van der Waals surface area contributed by atoms with Crippen molar-refractivity contribution in [1.29, 1.82) is 0 Å². The number of pyridine rings is 1. The fourth-order valence-electron chi connectivity index (χ4n) is 3.24. The van der Waals surface area contributed by atoms with Crippen LogP contribution in [0.1, 0.15) is 5.56 Å². The van der Waals surface area contributed by atoms with Crippen molar-refractivity contribution in [3.05, 3.63) is 52.7 Å². The molecule has 0 amide bonds. The molecule has 0 radical (unpaired) electrons. The molecule has 7 nitrogen and oxygen atoms in total. The molecule has 0 unspecified atom stereocenters. The first kappa shape index (κ1) is 19.7. The lowest BCUT2D eigenvalue weighted by molar-refractivity contribution is -0.137. The molecule has 0 aliphatic carbocycles. The first-order valence-corrected chi connectivity index (χ1v) is 10.5. The number of nitrogens with zero attached hydrogens (tertiary/aromatic N) is 3. The zero-order valence-corrected chi connectivity index (χ0v) is 16.0. The van der Waals surface area contributed by atoms with E-state index in [2.05, 4.69) is 15.3 Å². The van der Waals surface area contributed by atoms with Gasteiger partial charge in [0.1, 0.15) is 11.2 Å². The SMILES string of the molecule is Cn1cnc2c(-c3ccc(C(F)(F)F)cc3)cnc(NC3CS(O)(O)C3)c2c1=O. The van der Waals surface area contributed by atoms with E-state index in [1.54, 1.807) is 0 Å². The lowest BCUT2D eigenvalue weighted by atomic mass is 10.0. The van der Waals surface area contributed by atoms with E-state index < -0.39 is 22.3 Å². The van der Waals surface area contributed by atoms with Crippen molar-refractivity contribution in [2.45, 2.75) is 12.2 Å². The van der Waals surface area contributed by atoms with E-state index in [1.807, 2.05) is 0 Å². The maximum absolute atomic E-state index is 12.8. The number of aryl methyl sites for hydroxylation is 1. The van der Waals surface area contributed by atoms with Crippen LogP contribution in [-0.2, 0) is 13.2 Å². The van der Waals surface area contributed by atoms with Gasteiger partial charge in [-0.3, -0.25) is 13.9 Å². The Hall–Kier alpha value is -2.63. The van der Waals surface area contributed by atoms with Gasteiger partial charge in [0.05, 0.1) is 35.0 Å². The normalized spacial score (nSPS) is 17.7. The molecule has 3 N–H and O–H groups in total. The summed E-state index contributed by atoms with van der Waals surface area (Å²) < 4.78 is 58.9. The van der Waals surface area contributed by atoms with Gasteiger partial charge in [0.25, 0.3) is 5.56 Å². The molecule has 1 aliphatic heterocycles. The maximum atomic E-state index is 12.8. The number of anilines is 1. The summed E-state index contributed by atoms with van der Waals surface area (Å²) >= 11 is 0. The van der Waals surface area contributed by atoms with Gasteiger partial charge in [0, 0.05) is 18.8 Å². The minimum Gasteiger partial charge on any atom is -0.363 e. The van der Waals surface area contributed by atoms with Gasteiger partial charge in [-0.25, -0.2) is 9.97 Å². The molecular weight excluding hydrogens is 409 g/mol. The average molecular weight is 426 g/mol. The van der Waals surface area contributed by atoms with Crippen molar-refractivity contribution >= 4 is 27.3 Å². The molecule has 29 heavy (non-hydrogen) atoms. The van der Waals surface area contributed by atoms with Crippen LogP contribution in [0, 0.1) is 0 Å². The summed E-state index contributed by atoms with van der Waals surface area (Å²) in [6.07, 6.45) is -1.67. The molecule has 1 fully saturated rings. The Labute approximate surface area is 164 Å². The highest BCUT2D eigenvalue weighted by Gasteiger charge is 2.34. The fraction of sp³-hybridized carbons (Fsp3) is 0.278. The standard InChI is InChI=1S/C18H17F3N4O3S/c1-25-9-23-15-13(10-2-4-11(5-3-10)18(19,20)21)6-22-16(14(15)17(25)26)24-12-7-29(27,28)8-12/h2-6,9,12,27-28H,7-8H2,1H3,(H,22,24). The van der Waals surface area contributed by atoms with E-state index in [1.165, 1.54) is 36.3 Å². The van der Waals surface area contributed by atoms with Gasteiger partial charge >= 0.3 is 6.18 Å². The summed E-state index contributed by atoms with van der Waals surface area (Å²) in [7, 11) is -1.04. The predicted molar refractivity (Wildman–Crippen MR) is 105 cm³/mol. The molecule has 154 valence electrons. The Morgan fingerprint density at radius 2 is 1.83 bits per heavy atom. The number of hydrogen-bond donors (Lipinski definition) is 3. The second-order valence-electron chi connectivity index (χ2n) is 6.96. The van der Waals surface area contributed by atoms with Crippen molar-refractivity contribution in [3.63, 3.8) is 0 Å². The highest BCUT2D eigenvalue weighted by atomic mass is 32.3. The molecule has 1 aromatic carbocycles. The topological polar surface area (TPSA) is 100 Å². The van der Waals surface area contributed by atoms with E-state index in [0.717, 1.165) is 12.1 Å². The molecule has 1 aliphatic rings. The second kappa shape index (κ2) is 6.71. The van der Waals surface area contributed by atoms with Gasteiger partial charge in [0.15, 0.2) is 0 Å². The van der Waals surface area contributed by atoms with Crippen molar-refractivity contribution < 1.29 is 22.3 Å². The predicted octanol–water partition coefficient (Wildman–Crippen LogP) is 3.56. The Bertz CT molecular complexity index is 1140. The smallest absolute Gasteiger partial charge is 0.363 e. The van der Waals surface area contributed by atoms with Gasteiger partial charge in [-0.1, -0.05) is 12.1 Å². The van der Waals surface area contributed by atoms with Gasteiger partial charge in [-0.05, 0) is 17.7 Å². The molecule has 0 spiro atoms. The summed E-state index contributed by atoms with van der Waals surface area (Å²) in [5, 5.41) is 3.23. The van der Waals surface area contributed by atoms with Crippen LogP contribution in [0.5, 0.6) is 0 Å². The molecular formula is C18H17F3N4O3S. The monoisotopic (exact) mass is 426 g/mol. The van der Waals surface area contributed by atoms with Crippen molar-refractivity contribution in [2.75, 3.05) is 16.8 Å². The van der Waals surface area contributed by atoms with Crippen LogP contribution in [0.3, 0.4) is 0 Å². The molecule has 0 saturated carbocycles. The molecule has 4 rings (SSSR count). The van der Waals surface area contributed by atoms with E-state index in [-0.39, 0.29) is 34.3 Å². The van der Waals surface area contributed by atoms with Crippen molar-refractivity contribution in [3.8, 4) is 11.1 Å². The van der Waals surface area contributed by atoms with Gasteiger partial charge < -0.3 is 9.88 Å². The van der Waals surface area contributed by atoms with Crippen molar-refractivity contribution in [1.82, 2.24) is 14.5 Å². The lowest BCUT2D eigenvalue weighted by Gasteiger charge is -2.47. The van der Waals surface area contributed by atoms with Crippen LogP contribution in [0.15, 0.2) is 41.6 Å². The van der Waals surface area contributed by atoms with E-state index in [0.29, 0.717) is 16.6 Å². The minimum absolute atomic E-state index is 0.164. The number of benzene rings is 1. The van der Waals surface area contributed by atoms with Crippen molar-refractivity contribution in [2.24, 2.45) is 7.05 Å². The van der Waals surface area contributed by atoms with E-state index >= 15 is 0 Å². The maximum Gasteiger partial charge on any atom is 0.416 e. The van der Waals surface area contributed by atoms with Crippen LogP contribution in [0.2, 0.25) is 0 Å². The zero-order valence-electron chi connectivity index (χ0n) is 15.1. The fourth-order valence-corrected chi connectivity index (χ4v) is 4.60. The highest BCUT2D eigenvalue weighted by Crippen LogP contribution is 2.49. The summed E-state index contributed by atoms with van der Waals surface area (Å²) in [4.78, 5) is 21.3.